The van der Waals surface area contributed by atoms with E-state index in [1.54, 1.807) is 6.20 Å². The van der Waals surface area contributed by atoms with Crippen LogP contribution < -0.4 is 5.32 Å². The Morgan fingerprint density at radius 1 is 1.24 bits per heavy atom. The van der Waals surface area contributed by atoms with Crippen LogP contribution in [0.5, 0.6) is 0 Å². The molecule has 0 unspecified atom stereocenters. The van der Waals surface area contributed by atoms with Gasteiger partial charge in [0.05, 0.1) is 18.7 Å². The van der Waals surface area contributed by atoms with E-state index in [1.807, 2.05) is 38.4 Å². The van der Waals surface area contributed by atoms with Crippen molar-refractivity contribution in [2.24, 2.45) is 0 Å². The Labute approximate surface area is 131 Å². The lowest BCUT2D eigenvalue weighted by Crippen LogP contribution is -2.23. The summed E-state index contributed by atoms with van der Waals surface area (Å²) in [6, 6.07) is 7.86. The second kappa shape index (κ2) is 8.29. The molecule has 0 atom stereocenters. The van der Waals surface area contributed by atoms with Crippen LogP contribution in [0.3, 0.4) is 0 Å². The number of ether oxygens (including phenoxy) is 1. The number of aromatic nitrogens is 1. The van der Waals surface area contributed by atoms with Gasteiger partial charge in [0.25, 0.3) is 0 Å². The second-order valence-corrected chi connectivity index (χ2v) is 5.61. The van der Waals surface area contributed by atoms with Crippen molar-refractivity contribution in [1.29, 1.82) is 0 Å². The van der Waals surface area contributed by atoms with Crippen molar-refractivity contribution in [2.45, 2.75) is 6.54 Å². The number of pyridine rings is 1. The van der Waals surface area contributed by atoms with Crippen molar-refractivity contribution in [3.63, 3.8) is 0 Å². The van der Waals surface area contributed by atoms with Crippen LogP contribution in [0.25, 0.3) is 10.9 Å². The molecule has 21 heavy (non-hydrogen) atoms. The molecule has 0 aliphatic carbocycles. The molecule has 0 aliphatic rings. The third kappa shape index (κ3) is 4.93. The lowest BCUT2D eigenvalue weighted by molar-refractivity contribution is 0.119. The number of hydrogen-bond donors (Lipinski definition) is 1. The number of likely N-dealkylation sites (N-methyl/N-ethyl adjacent to an activating group) is 1. The highest BCUT2D eigenvalue weighted by Gasteiger charge is 2.05. The Hall–Kier alpha value is -1.20. The molecule has 1 N–H and O–H groups in total. The molecule has 4 nitrogen and oxygen atoms in total. The minimum absolute atomic E-state index is 0.715. The van der Waals surface area contributed by atoms with Gasteiger partial charge in [-0.3, -0.25) is 4.98 Å². The first-order valence-corrected chi connectivity index (χ1v) is 7.51. The zero-order valence-electron chi connectivity index (χ0n) is 12.6. The fourth-order valence-corrected chi connectivity index (χ4v) is 2.27. The molecule has 2 aromatic rings. The van der Waals surface area contributed by atoms with Crippen molar-refractivity contribution in [1.82, 2.24) is 15.2 Å². The molecular weight excluding hydrogens is 286 g/mol. The fraction of sp³-hybridized carbons (Fsp3) is 0.438. The second-order valence-electron chi connectivity index (χ2n) is 5.20. The number of benzene rings is 1. The minimum Gasteiger partial charge on any atom is -0.379 e. The summed E-state index contributed by atoms with van der Waals surface area (Å²) in [6.45, 7) is 4.02. The first-order valence-electron chi connectivity index (χ1n) is 7.14. The van der Waals surface area contributed by atoms with Crippen LogP contribution in [-0.4, -0.2) is 50.3 Å². The standard InChI is InChI=1S/C16H22ClN3O/c1-20(2)9-11-21-10-8-18-12-13-5-6-15(17)14-4-3-7-19-16(13)14/h3-7,18H,8-12H2,1-2H3. The molecule has 114 valence electrons. The molecule has 0 aliphatic heterocycles. The number of nitrogens with zero attached hydrogens (tertiary/aromatic N) is 2. The molecular formula is C16H22ClN3O. The third-order valence-corrected chi connectivity index (χ3v) is 3.55. The van der Waals surface area contributed by atoms with Gasteiger partial charge >= 0.3 is 0 Å². The smallest absolute Gasteiger partial charge is 0.0761 e. The Balaban J connectivity index is 1.80. The summed E-state index contributed by atoms with van der Waals surface area (Å²) in [5, 5.41) is 5.12. The molecule has 1 heterocycles. The van der Waals surface area contributed by atoms with E-state index in [1.165, 1.54) is 0 Å². The van der Waals surface area contributed by atoms with Gasteiger partial charge in [-0.2, -0.15) is 0 Å². The van der Waals surface area contributed by atoms with Gasteiger partial charge in [0.15, 0.2) is 0 Å². The normalized spacial score (nSPS) is 11.4. The van der Waals surface area contributed by atoms with E-state index in [9.17, 15) is 0 Å². The average Bonchev–Trinajstić information content (AvgIpc) is 2.48. The maximum Gasteiger partial charge on any atom is 0.0761 e. The summed E-state index contributed by atoms with van der Waals surface area (Å²) in [6.07, 6.45) is 1.80. The van der Waals surface area contributed by atoms with Crippen LogP contribution in [0, 0.1) is 0 Å². The number of hydrogen-bond acceptors (Lipinski definition) is 4. The number of nitrogens with one attached hydrogen (secondary N) is 1. The van der Waals surface area contributed by atoms with E-state index < -0.39 is 0 Å². The van der Waals surface area contributed by atoms with Crippen LogP contribution in [0.2, 0.25) is 5.02 Å². The van der Waals surface area contributed by atoms with Gasteiger partial charge in [0.2, 0.25) is 0 Å². The largest absolute Gasteiger partial charge is 0.379 e. The number of fused-ring (bicyclic) bond motifs is 1. The van der Waals surface area contributed by atoms with Crippen LogP contribution >= 0.6 is 11.6 Å². The highest BCUT2D eigenvalue weighted by Crippen LogP contribution is 2.24. The average molecular weight is 308 g/mol. The van der Waals surface area contributed by atoms with E-state index in [2.05, 4.69) is 15.2 Å². The van der Waals surface area contributed by atoms with Crippen LogP contribution in [0.4, 0.5) is 0 Å². The topological polar surface area (TPSA) is 37.4 Å². The first-order chi connectivity index (χ1) is 10.2. The molecule has 1 aromatic heterocycles. The van der Waals surface area contributed by atoms with E-state index in [0.717, 1.165) is 47.7 Å². The monoisotopic (exact) mass is 307 g/mol. The predicted octanol–water partition coefficient (Wildman–Crippen LogP) is 2.56. The van der Waals surface area contributed by atoms with Crippen LogP contribution in [0.1, 0.15) is 5.56 Å². The summed E-state index contributed by atoms with van der Waals surface area (Å²) >= 11 is 6.19. The summed E-state index contributed by atoms with van der Waals surface area (Å²) in [5.74, 6) is 0. The van der Waals surface area contributed by atoms with Crippen LogP contribution in [0.15, 0.2) is 30.5 Å². The summed E-state index contributed by atoms with van der Waals surface area (Å²) < 4.78 is 5.55. The van der Waals surface area contributed by atoms with E-state index in [-0.39, 0.29) is 0 Å². The van der Waals surface area contributed by atoms with Gasteiger partial charge in [-0.15, -0.1) is 0 Å². The van der Waals surface area contributed by atoms with Gasteiger partial charge in [-0.05, 0) is 37.9 Å². The summed E-state index contributed by atoms with van der Waals surface area (Å²) in [5.41, 5.74) is 2.12. The molecule has 0 amide bonds. The minimum atomic E-state index is 0.715. The van der Waals surface area contributed by atoms with E-state index in [4.69, 9.17) is 16.3 Å². The molecule has 0 bridgehead atoms. The molecule has 0 saturated carbocycles. The van der Waals surface area contributed by atoms with Gasteiger partial charge in [0.1, 0.15) is 0 Å². The van der Waals surface area contributed by atoms with Gasteiger partial charge in [-0.25, -0.2) is 0 Å². The summed E-state index contributed by atoms with van der Waals surface area (Å²) in [4.78, 5) is 6.54. The Bertz CT molecular complexity index is 574. The maximum absolute atomic E-state index is 6.19. The van der Waals surface area contributed by atoms with Crippen molar-refractivity contribution < 1.29 is 4.74 Å². The molecule has 0 fully saturated rings. The zero-order chi connectivity index (χ0) is 15.1. The summed E-state index contributed by atoms with van der Waals surface area (Å²) in [7, 11) is 4.08. The lowest BCUT2D eigenvalue weighted by Gasteiger charge is -2.11. The zero-order valence-corrected chi connectivity index (χ0v) is 13.4. The van der Waals surface area contributed by atoms with Gasteiger partial charge < -0.3 is 15.0 Å². The third-order valence-electron chi connectivity index (χ3n) is 3.22. The Morgan fingerprint density at radius 3 is 2.90 bits per heavy atom. The molecule has 0 saturated heterocycles. The molecule has 0 spiro atoms. The van der Waals surface area contributed by atoms with Gasteiger partial charge in [0, 0.05) is 36.2 Å². The molecule has 2 rings (SSSR count). The highest BCUT2D eigenvalue weighted by atomic mass is 35.5. The predicted molar refractivity (Wildman–Crippen MR) is 87.8 cm³/mol. The van der Waals surface area contributed by atoms with Crippen molar-refractivity contribution in [3.05, 3.63) is 41.0 Å². The SMILES string of the molecule is CN(C)CCOCCNCc1ccc(Cl)c2cccnc12. The number of rotatable bonds is 8. The van der Waals surface area contributed by atoms with E-state index in [0.29, 0.717) is 6.61 Å². The fourth-order valence-electron chi connectivity index (χ4n) is 2.06. The molecule has 1 aromatic carbocycles. The lowest BCUT2D eigenvalue weighted by atomic mass is 10.1. The molecule has 0 radical (unpaired) electrons. The Kier molecular flexibility index (Phi) is 6.39. The number of halogens is 1. The van der Waals surface area contributed by atoms with Gasteiger partial charge in [-0.1, -0.05) is 17.7 Å². The van der Waals surface area contributed by atoms with Crippen molar-refractivity contribution in [2.75, 3.05) is 40.4 Å². The van der Waals surface area contributed by atoms with Crippen molar-refractivity contribution in [3.8, 4) is 0 Å². The Morgan fingerprint density at radius 2 is 2.10 bits per heavy atom. The highest BCUT2D eigenvalue weighted by molar-refractivity contribution is 6.35. The van der Waals surface area contributed by atoms with Crippen molar-refractivity contribution >= 4 is 22.5 Å². The first kappa shape index (κ1) is 16.2. The van der Waals surface area contributed by atoms with E-state index >= 15 is 0 Å². The quantitative estimate of drug-likeness (QED) is 0.761. The molecule has 5 heteroatoms. The maximum atomic E-state index is 6.19. The van der Waals surface area contributed by atoms with Crippen LogP contribution in [-0.2, 0) is 11.3 Å².